The average Bonchev–Trinajstić information content (AvgIpc) is 2.63. The third kappa shape index (κ3) is 4.33. The minimum absolute atomic E-state index is 0.0830. The smallest absolute Gasteiger partial charge is 0.277 e. The van der Waals surface area contributed by atoms with E-state index in [9.17, 15) is 9.90 Å². The van der Waals surface area contributed by atoms with Gasteiger partial charge in [0.2, 0.25) is 0 Å². The predicted octanol–water partition coefficient (Wildman–Crippen LogP) is 4.49. The van der Waals surface area contributed by atoms with E-state index in [0.717, 1.165) is 15.2 Å². The highest BCUT2D eigenvalue weighted by molar-refractivity contribution is 9.10. The Morgan fingerprint density at radius 2 is 2.04 bits per heavy atom. The second-order valence-electron chi connectivity index (χ2n) is 5.38. The fourth-order valence-corrected chi connectivity index (χ4v) is 3.08. The number of phenolic OH excluding ortho intramolecular Hbond substituents is 1. The average molecular weight is 434 g/mol. The van der Waals surface area contributed by atoms with Gasteiger partial charge >= 0.3 is 0 Å². The van der Waals surface area contributed by atoms with Crippen molar-refractivity contribution in [1.29, 1.82) is 0 Å². The van der Waals surface area contributed by atoms with E-state index >= 15 is 0 Å². The van der Waals surface area contributed by atoms with Crippen LogP contribution >= 0.6 is 27.5 Å². The minimum Gasteiger partial charge on any atom is -0.507 e. The number of nitrogens with one attached hydrogen (secondary N) is 1. The van der Waals surface area contributed by atoms with Crippen molar-refractivity contribution in [2.75, 3.05) is 6.61 Å². The van der Waals surface area contributed by atoms with Gasteiger partial charge in [-0.1, -0.05) is 57.9 Å². The Bertz CT molecular complexity index is 992. The molecule has 0 aliphatic heterocycles. The Hall–Kier alpha value is -2.57. The van der Waals surface area contributed by atoms with Crippen LogP contribution in [-0.2, 0) is 4.79 Å². The molecule has 0 heterocycles. The highest BCUT2D eigenvalue weighted by Crippen LogP contribution is 2.27. The number of phenols is 1. The van der Waals surface area contributed by atoms with Crippen LogP contribution in [0.5, 0.6) is 11.5 Å². The first-order valence-electron chi connectivity index (χ1n) is 7.65. The van der Waals surface area contributed by atoms with E-state index in [-0.39, 0.29) is 12.4 Å². The molecule has 0 unspecified atom stereocenters. The normalized spacial score (nSPS) is 11.0. The molecule has 0 aliphatic carbocycles. The highest BCUT2D eigenvalue weighted by Gasteiger charge is 2.07. The summed E-state index contributed by atoms with van der Waals surface area (Å²) in [5.74, 6) is 0.0419. The first-order valence-corrected chi connectivity index (χ1v) is 8.82. The monoisotopic (exact) mass is 432 g/mol. The lowest BCUT2D eigenvalue weighted by Crippen LogP contribution is -2.24. The van der Waals surface area contributed by atoms with Crippen LogP contribution in [0.15, 0.2) is 64.2 Å². The number of hydrogen-bond acceptors (Lipinski definition) is 4. The number of aromatic hydroxyl groups is 1. The molecule has 0 spiro atoms. The van der Waals surface area contributed by atoms with Gasteiger partial charge < -0.3 is 9.84 Å². The van der Waals surface area contributed by atoms with Crippen molar-refractivity contribution in [1.82, 2.24) is 5.43 Å². The van der Waals surface area contributed by atoms with Gasteiger partial charge in [-0.3, -0.25) is 4.79 Å². The molecule has 26 heavy (non-hydrogen) atoms. The number of ether oxygens (including phenoxy) is 1. The molecule has 0 fully saturated rings. The Kier molecular flexibility index (Phi) is 5.75. The molecule has 0 aromatic heterocycles. The second-order valence-corrected chi connectivity index (χ2v) is 6.70. The number of hydrogen-bond donors (Lipinski definition) is 2. The van der Waals surface area contributed by atoms with Crippen LogP contribution in [0.25, 0.3) is 10.8 Å². The second kappa shape index (κ2) is 8.21. The first kappa shape index (κ1) is 18.2. The van der Waals surface area contributed by atoms with Crippen LogP contribution < -0.4 is 10.2 Å². The van der Waals surface area contributed by atoms with Gasteiger partial charge in [0.05, 0.1) is 11.2 Å². The van der Waals surface area contributed by atoms with Crippen molar-refractivity contribution >= 4 is 50.4 Å². The number of rotatable bonds is 5. The quantitative estimate of drug-likeness (QED) is 0.460. The Morgan fingerprint density at radius 3 is 2.85 bits per heavy atom. The maximum Gasteiger partial charge on any atom is 0.277 e. The minimum atomic E-state index is -0.444. The summed E-state index contributed by atoms with van der Waals surface area (Å²) in [7, 11) is 0. The van der Waals surface area contributed by atoms with E-state index in [4.69, 9.17) is 16.3 Å². The van der Waals surface area contributed by atoms with Crippen molar-refractivity contribution in [3.8, 4) is 11.5 Å². The van der Waals surface area contributed by atoms with Crippen LogP contribution in [0.2, 0.25) is 5.02 Å². The summed E-state index contributed by atoms with van der Waals surface area (Å²) < 4.78 is 6.18. The molecule has 0 aliphatic rings. The lowest BCUT2D eigenvalue weighted by molar-refractivity contribution is -0.123. The van der Waals surface area contributed by atoms with Gasteiger partial charge in [-0.05, 0) is 35.0 Å². The lowest BCUT2D eigenvalue weighted by atomic mass is 10.0. The highest BCUT2D eigenvalue weighted by atomic mass is 79.9. The molecule has 2 N–H and O–H groups in total. The van der Waals surface area contributed by atoms with E-state index in [1.807, 2.05) is 30.3 Å². The Labute approximate surface area is 163 Å². The van der Waals surface area contributed by atoms with Crippen LogP contribution in [0.1, 0.15) is 5.56 Å². The van der Waals surface area contributed by atoms with Crippen molar-refractivity contribution in [2.45, 2.75) is 0 Å². The molecule has 3 rings (SSSR count). The van der Waals surface area contributed by atoms with Crippen molar-refractivity contribution in [2.24, 2.45) is 5.10 Å². The Morgan fingerprint density at radius 1 is 1.23 bits per heavy atom. The van der Waals surface area contributed by atoms with Gasteiger partial charge in [0.1, 0.15) is 11.5 Å². The van der Waals surface area contributed by atoms with Gasteiger partial charge in [0.25, 0.3) is 5.91 Å². The molecule has 3 aromatic carbocycles. The van der Waals surface area contributed by atoms with Crippen molar-refractivity contribution in [3.63, 3.8) is 0 Å². The number of carbonyl (C=O) groups excluding carboxylic acids is 1. The molecule has 0 bridgehead atoms. The van der Waals surface area contributed by atoms with E-state index in [1.54, 1.807) is 24.3 Å². The lowest BCUT2D eigenvalue weighted by Gasteiger charge is -2.07. The molecule has 132 valence electrons. The number of halogens is 2. The van der Waals surface area contributed by atoms with E-state index in [2.05, 4.69) is 26.5 Å². The molecular weight excluding hydrogens is 420 g/mol. The molecule has 3 aromatic rings. The van der Waals surface area contributed by atoms with E-state index in [1.165, 1.54) is 6.21 Å². The summed E-state index contributed by atoms with van der Waals surface area (Å²) in [6, 6.07) is 16.1. The van der Waals surface area contributed by atoms with Crippen LogP contribution in [0.4, 0.5) is 0 Å². The third-order valence-electron chi connectivity index (χ3n) is 3.58. The van der Waals surface area contributed by atoms with Gasteiger partial charge in [-0.15, -0.1) is 0 Å². The maximum absolute atomic E-state index is 11.9. The number of hydrazone groups is 1. The van der Waals surface area contributed by atoms with Crippen molar-refractivity contribution in [3.05, 3.63) is 69.7 Å². The largest absolute Gasteiger partial charge is 0.507 e. The summed E-state index contributed by atoms with van der Waals surface area (Å²) >= 11 is 9.32. The molecule has 0 saturated carbocycles. The van der Waals surface area contributed by atoms with Gasteiger partial charge in [0.15, 0.2) is 6.61 Å². The molecule has 1 amide bonds. The summed E-state index contributed by atoms with van der Waals surface area (Å²) in [4.78, 5) is 11.9. The fraction of sp³-hybridized carbons (Fsp3) is 0.0526. The molecular formula is C19H14BrClN2O3. The number of benzene rings is 3. The van der Waals surface area contributed by atoms with E-state index in [0.29, 0.717) is 16.3 Å². The summed E-state index contributed by atoms with van der Waals surface area (Å²) in [5, 5.41) is 16.1. The van der Waals surface area contributed by atoms with Crippen LogP contribution in [0.3, 0.4) is 0 Å². The SMILES string of the molecule is O=C(COc1ccc(Br)cc1Cl)NN=Cc1c(O)ccc2ccccc12. The van der Waals surface area contributed by atoms with Crippen LogP contribution in [0, 0.1) is 0 Å². The predicted molar refractivity (Wildman–Crippen MR) is 106 cm³/mol. The zero-order valence-corrected chi connectivity index (χ0v) is 15.8. The van der Waals surface area contributed by atoms with Gasteiger partial charge in [0, 0.05) is 10.0 Å². The Balaban J connectivity index is 1.64. The molecule has 5 nitrogen and oxygen atoms in total. The van der Waals surface area contributed by atoms with Gasteiger partial charge in [-0.2, -0.15) is 5.10 Å². The first-order chi connectivity index (χ1) is 12.5. The number of nitrogens with zero attached hydrogens (tertiary/aromatic N) is 1. The molecule has 0 saturated heterocycles. The summed E-state index contributed by atoms with van der Waals surface area (Å²) in [5.41, 5.74) is 2.89. The van der Waals surface area contributed by atoms with Gasteiger partial charge in [-0.25, -0.2) is 5.43 Å². The maximum atomic E-state index is 11.9. The van der Waals surface area contributed by atoms with E-state index < -0.39 is 5.91 Å². The zero-order chi connectivity index (χ0) is 18.5. The molecule has 0 radical (unpaired) electrons. The zero-order valence-electron chi connectivity index (χ0n) is 13.4. The number of amides is 1. The van der Waals surface area contributed by atoms with Crippen molar-refractivity contribution < 1.29 is 14.6 Å². The number of fused-ring (bicyclic) bond motifs is 1. The summed E-state index contributed by atoms with van der Waals surface area (Å²) in [6.07, 6.45) is 1.40. The fourth-order valence-electron chi connectivity index (χ4n) is 2.36. The molecule has 0 atom stereocenters. The number of carbonyl (C=O) groups is 1. The third-order valence-corrected chi connectivity index (χ3v) is 4.37. The summed E-state index contributed by atoms with van der Waals surface area (Å²) in [6.45, 7) is -0.236. The topological polar surface area (TPSA) is 70.9 Å². The standard InChI is InChI=1S/C19H14BrClN2O3/c20-13-6-8-18(16(21)9-13)26-11-19(25)23-22-10-15-14-4-2-1-3-12(14)5-7-17(15)24/h1-10,24H,11H2,(H,23,25). The molecule has 7 heteroatoms. The van der Waals surface area contributed by atoms with Crippen LogP contribution in [-0.4, -0.2) is 23.8 Å².